The molecule has 18 heavy (non-hydrogen) atoms. The van der Waals surface area contributed by atoms with E-state index in [9.17, 15) is 4.79 Å². The van der Waals surface area contributed by atoms with Gasteiger partial charge in [0.15, 0.2) is 5.79 Å². The molecular formula is C13H20O5. The van der Waals surface area contributed by atoms with Crippen molar-refractivity contribution >= 4 is 5.97 Å². The van der Waals surface area contributed by atoms with Gasteiger partial charge in [0.05, 0.1) is 38.6 Å². The molecule has 0 bridgehead atoms. The highest BCUT2D eigenvalue weighted by Crippen LogP contribution is 2.36. The van der Waals surface area contributed by atoms with Gasteiger partial charge in [-0.05, 0) is 12.8 Å². The Bertz CT molecular complexity index is 309. The van der Waals surface area contributed by atoms with Crippen molar-refractivity contribution < 1.29 is 23.7 Å². The summed E-state index contributed by atoms with van der Waals surface area (Å²) in [5, 5.41) is 0. The molecular weight excluding hydrogens is 236 g/mol. The molecule has 5 heteroatoms. The Kier molecular flexibility index (Phi) is 4.37. The number of carbonyl (C=O) groups excluding carboxylic acids is 1. The number of esters is 1. The third-order valence-corrected chi connectivity index (χ3v) is 3.48. The molecule has 0 N–H and O–H groups in total. The molecule has 1 saturated heterocycles. The normalized spacial score (nSPS) is 23.2. The highest BCUT2D eigenvalue weighted by molar-refractivity contribution is 5.87. The second-order valence-corrected chi connectivity index (χ2v) is 4.71. The molecule has 0 aromatic carbocycles. The predicted octanol–water partition coefficient (Wildman–Crippen LogP) is 1.42. The van der Waals surface area contributed by atoms with Crippen LogP contribution in [0.5, 0.6) is 0 Å². The zero-order valence-corrected chi connectivity index (χ0v) is 10.8. The number of ether oxygens (including phenoxy) is 4. The average molecular weight is 256 g/mol. The van der Waals surface area contributed by atoms with Gasteiger partial charge in [0, 0.05) is 12.8 Å². The molecule has 1 aliphatic carbocycles. The van der Waals surface area contributed by atoms with E-state index in [2.05, 4.69) is 11.3 Å². The smallest absolute Gasteiger partial charge is 0.335 e. The average Bonchev–Trinajstić information content (AvgIpc) is 2.85. The maximum atomic E-state index is 11.1. The van der Waals surface area contributed by atoms with Crippen molar-refractivity contribution in [2.24, 2.45) is 0 Å². The largest absolute Gasteiger partial charge is 0.466 e. The van der Waals surface area contributed by atoms with Crippen LogP contribution >= 0.6 is 0 Å². The molecule has 5 nitrogen and oxygen atoms in total. The van der Waals surface area contributed by atoms with Crippen LogP contribution in [-0.4, -0.2) is 44.8 Å². The third-order valence-electron chi connectivity index (χ3n) is 3.48. The zero-order valence-electron chi connectivity index (χ0n) is 10.8. The summed E-state index contributed by atoms with van der Waals surface area (Å²) < 4.78 is 21.5. The van der Waals surface area contributed by atoms with E-state index >= 15 is 0 Å². The van der Waals surface area contributed by atoms with Crippen LogP contribution in [0.4, 0.5) is 0 Å². The van der Waals surface area contributed by atoms with Crippen LogP contribution in [-0.2, 0) is 23.7 Å². The summed E-state index contributed by atoms with van der Waals surface area (Å²) in [4.78, 5) is 11.1. The van der Waals surface area contributed by atoms with Crippen LogP contribution in [0, 0.1) is 0 Å². The Balaban J connectivity index is 1.70. The van der Waals surface area contributed by atoms with Crippen molar-refractivity contribution in [3.05, 3.63) is 12.2 Å². The highest BCUT2D eigenvalue weighted by atomic mass is 16.7. The van der Waals surface area contributed by atoms with Gasteiger partial charge in [0.25, 0.3) is 0 Å². The molecule has 1 saturated carbocycles. The number of rotatable bonds is 4. The first-order chi connectivity index (χ1) is 8.65. The minimum absolute atomic E-state index is 0.143. The number of hydrogen-bond donors (Lipinski definition) is 0. The van der Waals surface area contributed by atoms with Gasteiger partial charge in [-0.25, -0.2) is 4.79 Å². The number of methoxy groups -OCH3 is 1. The van der Waals surface area contributed by atoms with Gasteiger partial charge in [0.1, 0.15) is 0 Å². The molecule has 1 heterocycles. The molecule has 1 spiro atoms. The third kappa shape index (κ3) is 3.10. The van der Waals surface area contributed by atoms with Crippen molar-refractivity contribution in [2.45, 2.75) is 37.6 Å². The van der Waals surface area contributed by atoms with Gasteiger partial charge in [-0.2, -0.15) is 0 Å². The summed E-state index contributed by atoms with van der Waals surface area (Å²) in [7, 11) is 1.34. The van der Waals surface area contributed by atoms with Crippen molar-refractivity contribution in [3.63, 3.8) is 0 Å². The van der Waals surface area contributed by atoms with Crippen LogP contribution in [0.2, 0.25) is 0 Å². The van der Waals surface area contributed by atoms with Crippen LogP contribution in [0.15, 0.2) is 12.2 Å². The summed E-state index contributed by atoms with van der Waals surface area (Å²) in [6, 6.07) is 0. The molecule has 0 aromatic rings. The lowest BCUT2D eigenvalue weighted by atomic mass is 9.92. The van der Waals surface area contributed by atoms with E-state index in [1.54, 1.807) is 0 Å². The van der Waals surface area contributed by atoms with E-state index < -0.39 is 5.97 Å². The van der Waals surface area contributed by atoms with E-state index in [1.807, 2.05) is 0 Å². The van der Waals surface area contributed by atoms with E-state index in [1.165, 1.54) is 7.11 Å². The Morgan fingerprint density at radius 3 is 2.50 bits per heavy atom. The standard InChI is InChI=1S/C13H20O5/c1-10(12(14)15-2)9-16-11-3-5-13(6-4-11)17-7-8-18-13/h11H,1,3-9H2,2H3. The van der Waals surface area contributed by atoms with Gasteiger partial charge < -0.3 is 18.9 Å². The second-order valence-electron chi connectivity index (χ2n) is 4.71. The lowest BCUT2D eigenvalue weighted by Gasteiger charge is -2.35. The molecule has 2 fully saturated rings. The summed E-state index contributed by atoms with van der Waals surface area (Å²) in [5.74, 6) is -0.774. The van der Waals surface area contributed by atoms with Gasteiger partial charge in [-0.15, -0.1) is 0 Å². The molecule has 0 aromatic heterocycles. The number of carbonyl (C=O) groups is 1. The fourth-order valence-electron chi connectivity index (χ4n) is 2.41. The molecule has 0 amide bonds. The Hall–Kier alpha value is -0.910. The molecule has 0 atom stereocenters. The Morgan fingerprint density at radius 2 is 1.94 bits per heavy atom. The summed E-state index contributed by atoms with van der Waals surface area (Å²) in [6.45, 7) is 5.23. The fourth-order valence-corrected chi connectivity index (χ4v) is 2.41. The van der Waals surface area contributed by atoms with E-state index in [0.29, 0.717) is 18.8 Å². The summed E-state index contributed by atoms with van der Waals surface area (Å²) in [6.07, 6.45) is 3.61. The Morgan fingerprint density at radius 1 is 1.33 bits per heavy atom. The van der Waals surface area contributed by atoms with Crippen molar-refractivity contribution in [3.8, 4) is 0 Å². The molecule has 2 aliphatic rings. The first kappa shape index (κ1) is 13.5. The molecule has 1 aliphatic heterocycles. The Labute approximate surface area is 107 Å². The van der Waals surface area contributed by atoms with Gasteiger partial charge in [-0.1, -0.05) is 6.58 Å². The topological polar surface area (TPSA) is 54.0 Å². The first-order valence-electron chi connectivity index (χ1n) is 6.31. The fraction of sp³-hybridized carbons (Fsp3) is 0.769. The minimum Gasteiger partial charge on any atom is -0.466 e. The minimum atomic E-state index is -0.412. The molecule has 0 unspecified atom stereocenters. The van der Waals surface area contributed by atoms with Crippen molar-refractivity contribution in [1.29, 1.82) is 0 Å². The summed E-state index contributed by atoms with van der Waals surface area (Å²) >= 11 is 0. The van der Waals surface area contributed by atoms with Gasteiger partial charge in [-0.3, -0.25) is 0 Å². The quantitative estimate of drug-likeness (QED) is 0.562. The second kappa shape index (κ2) is 5.82. The predicted molar refractivity (Wildman–Crippen MR) is 64.0 cm³/mol. The van der Waals surface area contributed by atoms with Crippen molar-refractivity contribution in [1.82, 2.24) is 0 Å². The molecule has 2 rings (SSSR count). The van der Waals surface area contributed by atoms with Crippen LogP contribution in [0.3, 0.4) is 0 Å². The van der Waals surface area contributed by atoms with Crippen LogP contribution in [0.25, 0.3) is 0 Å². The van der Waals surface area contributed by atoms with Crippen molar-refractivity contribution in [2.75, 3.05) is 26.9 Å². The SMILES string of the molecule is C=C(COC1CCC2(CC1)OCCO2)C(=O)OC. The molecule has 102 valence electrons. The number of hydrogen-bond acceptors (Lipinski definition) is 5. The maximum Gasteiger partial charge on any atom is 0.335 e. The monoisotopic (exact) mass is 256 g/mol. The zero-order chi connectivity index (χ0) is 13.0. The van der Waals surface area contributed by atoms with Crippen LogP contribution in [0.1, 0.15) is 25.7 Å². The highest BCUT2D eigenvalue weighted by Gasteiger charge is 2.40. The van der Waals surface area contributed by atoms with Crippen LogP contribution < -0.4 is 0 Å². The van der Waals surface area contributed by atoms with E-state index in [-0.39, 0.29) is 18.5 Å². The molecule has 0 radical (unpaired) electrons. The maximum absolute atomic E-state index is 11.1. The lowest BCUT2D eigenvalue weighted by molar-refractivity contribution is -0.191. The van der Waals surface area contributed by atoms with E-state index in [0.717, 1.165) is 25.7 Å². The first-order valence-corrected chi connectivity index (χ1v) is 6.31. The van der Waals surface area contributed by atoms with E-state index in [4.69, 9.17) is 14.2 Å². The van der Waals surface area contributed by atoms with Gasteiger partial charge in [0.2, 0.25) is 0 Å². The van der Waals surface area contributed by atoms with Gasteiger partial charge >= 0.3 is 5.97 Å². The lowest BCUT2D eigenvalue weighted by Crippen LogP contribution is -2.37. The summed E-state index contributed by atoms with van der Waals surface area (Å²) in [5.41, 5.74) is 0.353.